The van der Waals surface area contributed by atoms with E-state index in [1.807, 2.05) is 0 Å². The molecule has 6 nitrogen and oxygen atoms in total. The SMILES string of the molecule is CCN(C)CCNc1ncnc2cc(C(=O)O)ccc12. The number of nitrogens with zero attached hydrogens (tertiary/aromatic N) is 3. The van der Waals surface area contributed by atoms with Crippen molar-refractivity contribution in [3.8, 4) is 0 Å². The van der Waals surface area contributed by atoms with Gasteiger partial charge in [-0.25, -0.2) is 14.8 Å². The maximum Gasteiger partial charge on any atom is 0.335 e. The third-order valence-corrected chi connectivity index (χ3v) is 3.21. The lowest BCUT2D eigenvalue weighted by Gasteiger charge is -2.15. The van der Waals surface area contributed by atoms with Crippen molar-refractivity contribution < 1.29 is 9.90 Å². The Labute approximate surface area is 117 Å². The average molecular weight is 274 g/mol. The van der Waals surface area contributed by atoms with E-state index in [4.69, 9.17) is 5.11 Å². The number of likely N-dealkylation sites (N-methyl/N-ethyl adjacent to an activating group) is 1. The highest BCUT2D eigenvalue weighted by Crippen LogP contribution is 2.20. The average Bonchev–Trinajstić information content (AvgIpc) is 2.46. The van der Waals surface area contributed by atoms with E-state index in [1.165, 1.54) is 6.33 Å². The van der Waals surface area contributed by atoms with E-state index in [0.717, 1.165) is 30.8 Å². The van der Waals surface area contributed by atoms with Gasteiger partial charge in [-0.2, -0.15) is 0 Å². The van der Waals surface area contributed by atoms with Crippen molar-refractivity contribution in [2.45, 2.75) is 6.92 Å². The number of nitrogens with one attached hydrogen (secondary N) is 1. The molecule has 0 aliphatic carbocycles. The minimum Gasteiger partial charge on any atom is -0.478 e. The Bertz CT molecular complexity index is 615. The minimum absolute atomic E-state index is 0.230. The van der Waals surface area contributed by atoms with Crippen molar-refractivity contribution in [3.05, 3.63) is 30.1 Å². The Hall–Kier alpha value is -2.21. The molecule has 0 saturated heterocycles. The van der Waals surface area contributed by atoms with Crippen LogP contribution in [0.5, 0.6) is 0 Å². The topological polar surface area (TPSA) is 78.3 Å². The van der Waals surface area contributed by atoms with Crippen molar-refractivity contribution in [3.63, 3.8) is 0 Å². The van der Waals surface area contributed by atoms with Crippen LogP contribution < -0.4 is 5.32 Å². The van der Waals surface area contributed by atoms with Crippen LogP contribution in [0.25, 0.3) is 10.9 Å². The first-order chi connectivity index (χ1) is 9.61. The fraction of sp³-hybridized carbons (Fsp3) is 0.357. The molecule has 0 spiro atoms. The molecule has 2 N–H and O–H groups in total. The van der Waals surface area contributed by atoms with E-state index in [0.29, 0.717) is 5.52 Å². The Morgan fingerprint density at radius 3 is 2.90 bits per heavy atom. The summed E-state index contributed by atoms with van der Waals surface area (Å²) in [5.41, 5.74) is 0.860. The normalized spacial score (nSPS) is 10.9. The molecule has 0 bridgehead atoms. The number of rotatable bonds is 6. The second-order valence-corrected chi connectivity index (χ2v) is 4.58. The molecular weight excluding hydrogens is 256 g/mol. The zero-order valence-electron chi connectivity index (χ0n) is 11.6. The third kappa shape index (κ3) is 3.21. The highest BCUT2D eigenvalue weighted by atomic mass is 16.4. The zero-order valence-corrected chi connectivity index (χ0v) is 11.6. The Balaban J connectivity index is 2.19. The molecule has 0 unspecified atom stereocenters. The smallest absolute Gasteiger partial charge is 0.335 e. The highest BCUT2D eigenvalue weighted by Gasteiger charge is 2.08. The Kier molecular flexibility index (Phi) is 4.47. The van der Waals surface area contributed by atoms with Crippen molar-refractivity contribution in [2.24, 2.45) is 0 Å². The molecule has 0 saturated carbocycles. The second kappa shape index (κ2) is 6.29. The maximum atomic E-state index is 10.9. The van der Waals surface area contributed by atoms with Crippen LogP contribution in [0.2, 0.25) is 0 Å². The first kappa shape index (κ1) is 14.2. The van der Waals surface area contributed by atoms with Crippen LogP contribution >= 0.6 is 0 Å². The first-order valence-corrected chi connectivity index (χ1v) is 6.52. The molecule has 20 heavy (non-hydrogen) atoms. The van der Waals surface area contributed by atoms with Gasteiger partial charge < -0.3 is 15.3 Å². The van der Waals surface area contributed by atoms with Crippen LogP contribution in [0.1, 0.15) is 17.3 Å². The van der Waals surface area contributed by atoms with Crippen LogP contribution in [0.3, 0.4) is 0 Å². The number of carbonyl (C=O) groups is 1. The van der Waals surface area contributed by atoms with Crippen molar-refractivity contribution in [1.82, 2.24) is 14.9 Å². The monoisotopic (exact) mass is 274 g/mol. The van der Waals surface area contributed by atoms with Gasteiger partial charge in [0.2, 0.25) is 0 Å². The summed E-state index contributed by atoms with van der Waals surface area (Å²) in [4.78, 5) is 21.5. The van der Waals surface area contributed by atoms with E-state index >= 15 is 0 Å². The number of fused-ring (bicyclic) bond motifs is 1. The predicted octanol–water partition coefficient (Wildman–Crippen LogP) is 1.69. The van der Waals surface area contributed by atoms with Gasteiger partial charge in [-0.15, -0.1) is 0 Å². The first-order valence-electron chi connectivity index (χ1n) is 6.52. The summed E-state index contributed by atoms with van der Waals surface area (Å²) in [6, 6.07) is 4.87. The number of aromatic nitrogens is 2. The fourth-order valence-electron chi connectivity index (χ4n) is 1.85. The molecule has 106 valence electrons. The molecule has 1 heterocycles. The fourth-order valence-corrected chi connectivity index (χ4v) is 1.85. The number of carboxylic acid groups (broad SMARTS) is 1. The van der Waals surface area contributed by atoms with Crippen LogP contribution in [-0.2, 0) is 0 Å². The number of hydrogen-bond donors (Lipinski definition) is 2. The van der Waals surface area contributed by atoms with Gasteiger partial charge in [0, 0.05) is 18.5 Å². The van der Waals surface area contributed by atoms with Crippen molar-refractivity contribution >= 4 is 22.7 Å². The lowest BCUT2D eigenvalue weighted by molar-refractivity contribution is 0.0697. The number of benzene rings is 1. The molecule has 0 fully saturated rings. The number of carboxylic acids is 1. The van der Waals surface area contributed by atoms with Gasteiger partial charge in [-0.3, -0.25) is 0 Å². The van der Waals surface area contributed by atoms with E-state index in [2.05, 4.69) is 34.2 Å². The van der Waals surface area contributed by atoms with Gasteiger partial charge in [0.05, 0.1) is 11.1 Å². The Morgan fingerprint density at radius 2 is 2.20 bits per heavy atom. The molecule has 1 aromatic carbocycles. The number of hydrogen-bond acceptors (Lipinski definition) is 5. The molecule has 0 aliphatic rings. The predicted molar refractivity (Wildman–Crippen MR) is 78.2 cm³/mol. The molecule has 0 atom stereocenters. The summed E-state index contributed by atoms with van der Waals surface area (Å²) in [6.45, 7) is 4.79. The van der Waals surface area contributed by atoms with Crippen molar-refractivity contribution in [1.29, 1.82) is 0 Å². The minimum atomic E-state index is -0.954. The maximum absolute atomic E-state index is 10.9. The lowest BCUT2D eigenvalue weighted by Crippen LogP contribution is -2.25. The van der Waals surface area contributed by atoms with Gasteiger partial charge in [0.25, 0.3) is 0 Å². The standard InChI is InChI=1S/C14H18N4O2/c1-3-18(2)7-6-15-13-11-5-4-10(14(19)20)8-12(11)16-9-17-13/h4-5,8-9H,3,6-7H2,1-2H3,(H,19,20)(H,15,16,17). The van der Waals surface area contributed by atoms with Gasteiger partial charge in [-0.1, -0.05) is 6.92 Å². The van der Waals surface area contributed by atoms with E-state index in [-0.39, 0.29) is 5.56 Å². The van der Waals surface area contributed by atoms with E-state index in [9.17, 15) is 4.79 Å². The molecule has 0 radical (unpaired) electrons. The van der Waals surface area contributed by atoms with Gasteiger partial charge in [-0.05, 0) is 31.8 Å². The number of aromatic carboxylic acids is 1. The molecule has 2 aromatic rings. The van der Waals surface area contributed by atoms with Crippen LogP contribution in [0, 0.1) is 0 Å². The molecular formula is C14H18N4O2. The van der Waals surface area contributed by atoms with Gasteiger partial charge >= 0.3 is 5.97 Å². The van der Waals surface area contributed by atoms with Crippen LogP contribution in [0.4, 0.5) is 5.82 Å². The lowest BCUT2D eigenvalue weighted by atomic mass is 10.1. The highest BCUT2D eigenvalue weighted by molar-refractivity contribution is 5.96. The van der Waals surface area contributed by atoms with Gasteiger partial charge in [0.1, 0.15) is 12.1 Å². The summed E-state index contributed by atoms with van der Waals surface area (Å²) < 4.78 is 0. The number of anilines is 1. The zero-order chi connectivity index (χ0) is 14.5. The van der Waals surface area contributed by atoms with Gasteiger partial charge in [0.15, 0.2) is 0 Å². The Morgan fingerprint density at radius 1 is 1.40 bits per heavy atom. The quantitative estimate of drug-likeness (QED) is 0.834. The molecule has 0 aliphatic heterocycles. The molecule has 2 rings (SSSR count). The molecule has 6 heteroatoms. The largest absolute Gasteiger partial charge is 0.478 e. The summed E-state index contributed by atoms with van der Waals surface area (Å²) >= 11 is 0. The third-order valence-electron chi connectivity index (χ3n) is 3.21. The summed E-state index contributed by atoms with van der Waals surface area (Å²) in [7, 11) is 2.05. The second-order valence-electron chi connectivity index (χ2n) is 4.58. The molecule has 1 aromatic heterocycles. The molecule has 0 amide bonds. The van der Waals surface area contributed by atoms with Crippen LogP contribution in [0.15, 0.2) is 24.5 Å². The summed E-state index contributed by atoms with van der Waals surface area (Å²) in [5, 5.41) is 13.1. The summed E-state index contributed by atoms with van der Waals surface area (Å²) in [5.74, 6) is -0.221. The van der Waals surface area contributed by atoms with Crippen molar-refractivity contribution in [2.75, 3.05) is 32.0 Å². The summed E-state index contributed by atoms with van der Waals surface area (Å²) in [6.07, 6.45) is 1.44. The van der Waals surface area contributed by atoms with E-state index < -0.39 is 5.97 Å². The van der Waals surface area contributed by atoms with Crippen LogP contribution in [-0.4, -0.2) is 52.6 Å². The van der Waals surface area contributed by atoms with E-state index in [1.54, 1.807) is 18.2 Å².